The largest absolute Gasteiger partial charge is 0.454 e. The van der Waals surface area contributed by atoms with Crippen molar-refractivity contribution in [3.8, 4) is 23.0 Å². The monoisotopic (exact) mass is 214 g/mol. The van der Waals surface area contributed by atoms with Gasteiger partial charge in [-0.2, -0.15) is 0 Å². The van der Waals surface area contributed by atoms with Crippen LogP contribution in [0.5, 0.6) is 23.0 Å². The van der Waals surface area contributed by atoms with E-state index in [1.165, 1.54) is 0 Å². The fourth-order valence-electron chi connectivity index (χ4n) is 1.58. The molecule has 80 valence electrons. The lowest BCUT2D eigenvalue weighted by Gasteiger charge is -2.18. The van der Waals surface area contributed by atoms with Crippen molar-refractivity contribution in [1.82, 2.24) is 0 Å². The van der Waals surface area contributed by atoms with Gasteiger partial charge in [0, 0.05) is 0 Å². The number of fused-ring (bicyclic) bond motifs is 2. The molecule has 0 spiro atoms. The van der Waals surface area contributed by atoms with Crippen molar-refractivity contribution in [3.63, 3.8) is 0 Å². The van der Waals surface area contributed by atoms with Crippen molar-refractivity contribution < 1.29 is 14.2 Å². The zero-order valence-electron chi connectivity index (χ0n) is 8.55. The highest BCUT2D eigenvalue weighted by Gasteiger charge is 2.12. The van der Waals surface area contributed by atoms with Crippen molar-refractivity contribution in [2.24, 2.45) is 0 Å². The first-order valence-corrected chi connectivity index (χ1v) is 5.05. The minimum absolute atomic E-state index is 0.192. The molecule has 3 rings (SSSR count). The van der Waals surface area contributed by atoms with Crippen LogP contribution in [0.25, 0.3) is 0 Å². The number of hydrogen-bond donors (Lipinski definition) is 0. The quantitative estimate of drug-likeness (QED) is 0.674. The number of para-hydroxylation sites is 4. The van der Waals surface area contributed by atoms with Gasteiger partial charge in [-0.3, -0.25) is 0 Å². The Bertz CT molecular complexity index is 463. The van der Waals surface area contributed by atoms with Gasteiger partial charge in [0.2, 0.25) is 6.79 Å². The van der Waals surface area contributed by atoms with Crippen molar-refractivity contribution in [2.75, 3.05) is 6.79 Å². The maximum absolute atomic E-state index is 5.73. The Morgan fingerprint density at radius 1 is 0.625 bits per heavy atom. The molecule has 0 atom stereocenters. The lowest BCUT2D eigenvalue weighted by molar-refractivity contribution is 0.107. The van der Waals surface area contributed by atoms with Crippen LogP contribution in [-0.2, 0) is 0 Å². The molecule has 0 fully saturated rings. The van der Waals surface area contributed by atoms with Crippen LogP contribution < -0.4 is 14.2 Å². The maximum atomic E-state index is 5.73. The van der Waals surface area contributed by atoms with E-state index in [-0.39, 0.29) is 6.79 Å². The summed E-state index contributed by atoms with van der Waals surface area (Å²) in [4.78, 5) is 0. The summed E-state index contributed by atoms with van der Waals surface area (Å²) in [6.07, 6.45) is 0. The maximum Gasteiger partial charge on any atom is 0.231 e. The molecule has 0 aliphatic carbocycles. The highest BCUT2D eigenvalue weighted by Crippen LogP contribution is 2.37. The Morgan fingerprint density at radius 3 is 1.56 bits per heavy atom. The molecule has 0 N–H and O–H groups in total. The van der Waals surface area contributed by atoms with E-state index in [2.05, 4.69) is 0 Å². The third kappa shape index (κ3) is 1.56. The van der Waals surface area contributed by atoms with Gasteiger partial charge in [-0.25, -0.2) is 0 Å². The molecular formula is C13H10O3. The van der Waals surface area contributed by atoms with Crippen LogP contribution in [0.3, 0.4) is 0 Å². The second kappa shape index (κ2) is 3.77. The van der Waals surface area contributed by atoms with E-state index in [9.17, 15) is 0 Å². The summed E-state index contributed by atoms with van der Waals surface area (Å²) in [5, 5.41) is 0. The van der Waals surface area contributed by atoms with E-state index >= 15 is 0 Å². The number of rotatable bonds is 0. The summed E-state index contributed by atoms with van der Waals surface area (Å²) in [5.74, 6) is 2.80. The smallest absolute Gasteiger partial charge is 0.231 e. The van der Waals surface area contributed by atoms with Crippen LogP contribution in [-0.4, -0.2) is 6.79 Å². The molecule has 0 saturated heterocycles. The molecule has 0 aromatic heterocycles. The van der Waals surface area contributed by atoms with Crippen molar-refractivity contribution >= 4 is 0 Å². The highest BCUT2D eigenvalue weighted by molar-refractivity contribution is 5.47. The van der Waals surface area contributed by atoms with Crippen LogP contribution in [0.1, 0.15) is 0 Å². The van der Waals surface area contributed by atoms with E-state index in [0.29, 0.717) is 23.0 Å². The summed E-state index contributed by atoms with van der Waals surface area (Å²) in [7, 11) is 0. The normalized spacial score (nSPS) is 13.0. The molecule has 3 nitrogen and oxygen atoms in total. The molecular weight excluding hydrogens is 204 g/mol. The van der Waals surface area contributed by atoms with Crippen molar-refractivity contribution in [3.05, 3.63) is 48.5 Å². The standard InChI is InChI=1S/C13H10O3/c1-3-7-12-10(5-1)14-9-15-11-6-2-4-8-13(11)16-12/h1-8H,9H2. The van der Waals surface area contributed by atoms with E-state index in [0.717, 1.165) is 0 Å². The van der Waals surface area contributed by atoms with Gasteiger partial charge in [0.15, 0.2) is 23.0 Å². The molecule has 1 aliphatic rings. The van der Waals surface area contributed by atoms with E-state index < -0.39 is 0 Å². The minimum Gasteiger partial charge on any atom is -0.454 e. The lowest BCUT2D eigenvalue weighted by Crippen LogP contribution is -2.09. The average molecular weight is 214 g/mol. The third-order valence-electron chi connectivity index (χ3n) is 2.35. The van der Waals surface area contributed by atoms with E-state index in [1.54, 1.807) is 0 Å². The molecule has 3 heteroatoms. The summed E-state index contributed by atoms with van der Waals surface area (Å²) in [6.45, 7) is 0.192. The topological polar surface area (TPSA) is 27.7 Å². The molecule has 0 saturated carbocycles. The van der Waals surface area contributed by atoms with E-state index in [1.807, 2.05) is 48.5 Å². The molecule has 0 amide bonds. The minimum atomic E-state index is 0.192. The van der Waals surface area contributed by atoms with Crippen molar-refractivity contribution in [1.29, 1.82) is 0 Å². The van der Waals surface area contributed by atoms with Crippen LogP contribution in [0.2, 0.25) is 0 Å². The summed E-state index contributed by atoms with van der Waals surface area (Å²) >= 11 is 0. The molecule has 2 aromatic carbocycles. The number of ether oxygens (including phenoxy) is 3. The predicted molar refractivity (Wildman–Crippen MR) is 59.1 cm³/mol. The zero-order valence-corrected chi connectivity index (χ0v) is 8.55. The molecule has 1 aliphatic heterocycles. The van der Waals surface area contributed by atoms with Gasteiger partial charge in [-0.05, 0) is 24.3 Å². The predicted octanol–water partition coefficient (Wildman–Crippen LogP) is 3.21. The fraction of sp³-hybridized carbons (Fsp3) is 0.0769. The number of benzene rings is 2. The Balaban J connectivity index is 2.06. The molecule has 16 heavy (non-hydrogen) atoms. The van der Waals surface area contributed by atoms with Gasteiger partial charge in [0.1, 0.15) is 0 Å². The lowest BCUT2D eigenvalue weighted by atomic mass is 10.3. The first-order chi connectivity index (χ1) is 7.93. The Hall–Kier alpha value is -2.16. The van der Waals surface area contributed by atoms with Crippen molar-refractivity contribution in [2.45, 2.75) is 0 Å². The van der Waals surface area contributed by atoms with Gasteiger partial charge < -0.3 is 14.2 Å². The SMILES string of the molecule is c1ccc2c(c1)OCOc1ccccc1O2. The fourth-order valence-corrected chi connectivity index (χ4v) is 1.58. The van der Waals surface area contributed by atoms with Gasteiger partial charge in [-0.1, -0.05) is 24.3 Å². The number of hydrogen-bond acceptors (Lipinski definition) is 3. The summed E-state index contributed by atoms with van der Waals surface area (Å²) in [5.41, 5.74) is 0. The molecule has 0 unspecified atom stereocenters. The highest BCUT2D eigenvalue weighted by atomic mass is 16.7. The summed E-state index contributed by atoms with van der Waals surface area (Å²) in [6, 6.07) is 15.1. The molecule has 1 heterocycles. The van der Waals surface area contributed by atoms with Gasteiger partial charge in [0.05, 0.1) is 0 Å². The molecule has 0 bridgehead atoms. The Labute approximate surface area is 93.2 Å². The molecule has 2 aromatic rings. The van der Waals surface area contributed by atoms with Crippen LogP contribution in [0, 0.1) is 0 Å². The van der Waals surface area contributed by atoms with Gasteiger partial charge >= 0.3 is 0 Å². The molecule has 0 radical (unpaired) electrons. The van der Waals surface area contributed by atoms with Crippen LogP contribution in [0.15, 0.2) is 48.5 Å². The second-order valence-corrected chi connectivity index (χ2v) is 3.40. The van der Waals surface area contributed by atoms with Gasteiger partial charge in [-0.15, -0.1) is 0 Å². The van der Waals surface area contributed by atoms with Crippen LogP contribution >= 0.6 is 0 Å². The zero-order chi connectivity index (χ0) is 10.8. The third-order valence-corrected chi connectivity index (χ3v) is 2.35. The first kappa shape index (κ1) is 9.09. The Morgan fingerprint density at radius 2 is 1.06 bits per heavy atom. The first-order valence-electron chi connectivity index (χ1n) is 5.05. The average Bonchev–Trinajstić information content (AvgIpc) is 2.29. The van der Waals surface area contributed by atoms with E-state index in [4.69, 9.17) is 14.2 Å². The van der Waals surface area contributed by atoms with Gasteiger partial charge in [0.25, 0.3) is 0 Å². The second-order valence-electron chi connectivity index (χ2n) is 3.40. The Kier molecular flexibility index (Phi) is 2.14. The van der Waals surface area contributed by atoms with Crippen LogP contribution in [0.4, 0.5) is 0 Å². The summed E-state index contributed by atoms with van der Waals surface area (Å²) < 4.78 is 16.6.